The number of rotatable bonds is 10. The van der Waals surface area contributed by atoms with E-state index in [4.69, 9.17) is 21.1 Å². The maximum absolute atomic E-state index is 15.7. The SMILES string of the molecule is COC(=O)C1(CCC(F)c2c(Cl)cnc3ccc(OC)cc23)CCN(CCCc2ccccc2)CC1. The van der Waals surface area contributed by atoms with Crippen molar-refractivity contribution in [1.82, 2.24) is 9.88 Å². The van der Waals surface area contributed by atoms with E-state index in [-0.39, 0.29) is 17.4 Å². The summed E-state index contributed by atoms with van der Waals surface area (Å²) in [6, 6.07) is 15.8. The van der Waals surface area contributed by atoms with Gasteiger partial charge in [-0.2, -0.15) is 0 Å². The molecule has 1 atom stereocenters. The molecule has 1 aliphatic heterocycles. The van der Waals surface area contributed by atoms with Gasteiger partial charge in [0.1, 0.15) is 11.9 Å². The number of ether oxygens (including phenoxy) is 2. The number of pyridine rings is 1. The molecule has 0 bridgehead atoms. The van der Waals surface area contributed by atoms with Crippen LogP contribution in [0.3, 0.4) is 0 Å². The maximum Gasteiger partial charge on any atom is 0.311 e. The first-order chi connectivity index (χ1) is 17.5. The summed E-state index contributed by atoms with van der Waals surface area (Å²) in [6.45, 7) is 2.59. The molecule has 0 radical (unpaired) electrons. The molecule has 36 heavy (non-hydrogen) atoms. The van der Waals surface area contributed by atoms with Gasteiger partial charge in [-0.15, -0.1) is 0 Å². The zero-order valence-corrected chi connectivity index (χ0v) is 21.8. The third-order valence-electron chi connectivity index (χ3n) is 7.47. The van der Waals surface area contributed by atoms with Gasteiger partial charge in [0.15, 0.2) is 0 Å². The lowest BCUT2D eigenvalue weighted by Gasteiger charge is -2.40. The van der Waals surface area contributed by atoms with E-state index in [1.54, 1.807) is 25.3 Å². The van der Waals surface area contributed by atoms with Gasteiger partial charge in [-0.05, 0) is 81.9 Å². The molecule has 0 saturated carbocycles. The molecule has 1 aromatic heterocycles. The highest BCUT2D eigenvalue weighted by atomic mass is 35.5. The molecule has 0 amide bonds. The zero-order valence-electron chi connectivity index (χ0n) is 21.0. The maximum atomic E-state index is 15.7. The molecule has 3 aromatic rings. The molecule has 2 aromatic carbocycles. The second-order valence-corrected chi connectivity index (χ2v) is 10.0. The molecule has 0 N–H and O–H groups in total. The molecule has 1 saturated heterocycles. The Bertz CT molecular complexity index is 1170. The van der Waals surface area contributed by atoms with Crippen molar-refractivity contribution >= 4 is 28.5 Å². The minimum atomic E-state index is -1.33. The Kier molecular flexibility index (Phi) is 8.81. The van der Waals surface area contributed by atoms with Crippen molar-refractivity contribution in [3.05, 3.63) is 70.9 Å². The Hall–Kier alpha value is -2.70. The molecule has 0 aliphatic carbocycles. The lowest BCUT2D eigenvalue weighted by atomic mass is 9.74. The van der Waals surface area contributed by atoms with Crippen LogP contribution in [0.25, 0.3) is 10.9 Å². The van der Waals surface area contributed by atoms with Gasteiger partial charge < -0.3 is 14.4 Å². The second-order valence-electron chi connectivity index (χ2n) is 9.61. The first kappa shape index (κ1) is 26.4. The lowest BCUT2D eigenvalue weighted by Crippen LogP contribution is -2.45. The summed E-state index contributed by atoms with van der Waals surface area (Å²) in [5.74, 6) is 0.372. The van der Waals surface area contributed by atoms with Crippen molar-refractivity contribution in [3.63, 3.8) is 0 Å². The summed E-state index contributed by atoms with van der Waals surface area (Å²) in [7, 11) is 2.99. The Labute approximate surface area is 217 Å². The van der Waals surface area contributed by atoms with E-state index < -0.39 is 11.6 Å². The highest BCUT2D eigenvalue weighted by Gasteiger charge is 2.42. The first-order valence-corrected chi connectivity index (χ1v) is 12.9. The minimum absolute atomic E-state index is 0.180. The zero-order chi connectivity index (χ0) is 25.5. The number of piperidine rings is 1. The molecule has 1 aliphatic rings. The van der Waals surface area contributed by atoms with Gasteiger partial charge in [-0.1, -0.05) is 41.9 Å². The van der Waals surface area contributed by atoms with Crippen LogP contribution < -0.4 is 4.74 Å². The molecule has 0 spiro atoms. The number of hydrogen-bond acceptors (Lipinski definition) is 5. The van der Waals surface area contributed by atoms with Gasteiger partial charge in [0.25, 0.3) is 0 Å². The van der Waals surface area contributed by atoms with Crippen LogP contribution in [0.4, 0.5) is 4.39 Å². The highest BCUT2D eigenvalue weighted by Crippen LogP contribution is 2.42. The summed E-state index contributed by atoms with van der Waals surface area (Å²) in [4.78, 5) is 19.6. The molecule has 5 nitrogen and oxygen atoms in total. The van der Waals surface area contributed by atoms with Crippen molar-refractivity contribution in [3.8, 4) is 5.75 Å². The van der Waals surface area contributed by atoms with Crippen LogP contribution in [-0.2, 0) is 16.0 Å². The van der Waals surface area contributed by atoms with Gasteiger partial charge in [-0.3, -0.25) is 9.78 Å². The number of nitrogens with zero attached hydrogens (tertiary/aromatic N) is 2. The van der Waals surface area contributed by atoms with Crippen molar-refractivity contribution in [2.24, 2.45) is 5.41 Å². The number of methoxy groups -OCH3 is 2. The molecule has 7 heteroatoms. The molecule has 1 fully saturated rings. The van der Waals surface area contributed by atoms with Crippen molar-refractivity contribution in [1.29, 1.82) is 0 Å². The van der Waals surface area contributed by atoms with E-state index >= 15 is 4.39 Å². The van der Waals surface area contributed by atoms with Gasteiger partial charge in [0.05, 0.1) is 30.2 Å². The third kappa shape index (κ3) is 5.98. The van der Waals surface area contributed by atoms with E-state index in [0.717, 1.165) is 32.5 Å². The Morgan fingerprint density at radius 1 is 1.17 bits per heavy atom. The number of alkyl halides is 1. The standard InChI is InChI=1S/C29H34ClFN2O3/c1-35-22-10-11-26-23(19-22)27(24(30)20-32-26)25(31)12-13-29(28(34)36-2)14-17-33(18-15-29)16-6-9-21-7-4-3-5-8-21/h3-5,7-8,10-11,19-20,25H,6,9,12-18H2,1-2H3. The smallest absolute Gasteiger partial charge is 0.311 e. The van der Waals surface area contributed by atoms with E-state index in [9.17, 15) is 4.79 Å². The summed E-state index contributed by atoms with van der Waals surface area (Å²) < 4.78 is 26.3. The average Bonchev–Trinajstić information content (AvgIpc) is 2.92. The fraction of sp³-hybridized carbons (Fsp3) is 0.448. The highest BCUT2D eigenvalue weighted by molar-refractivity contribution is 6.32. The van der Waals surface area contributed by atoms with E-state index in [0.29, 0.717) is 41.5 Å². The summed E-state index contributed by atoms with van der Waals surface area (Å²) in [5.41, 5.74) is 1.72. The van der Waals surface area contributed by atoms with Crippen molar-refractivity contribution < 1.29 is 18.7 Å². The Balaban J connectivity index is 1.40. The van der Waals surface area contributed by atoms with Crippen LogP contribution in [0, 0.1) is 5.41 Å². The van der Waals surface area contributed by atoms with Crippen LogP contribution in [0.15, 0.2) is 54.7 Å². The predicted molar refractivity (Wildman–Crippen MR) is 141 cm³/mol. The average molecular weight is 513 g/mol. The van der Waals surface area contributed by atoms with Crippen molar-refractivity contribution in [2.45, 2.75) is 44.7 Å². The van der Waals surface area contributed by atoms with Crippen LogP contribution in [-0.4, -0.2) is 49.7 Å². The van der Waals surface area contributed by atoms with E-state index in [1.807, 2.05) is 6.07 Å². The summed E-state index contributed by atoms with van der Waals surface area (Å²) >= 11 is 6.41. The van der Waals surface area contributed by atoms with Crippen LogP contribution in [0.5, 0.6) is 5.75 Å². The van der Waals surface area contributed by atoms with Gasteiger partial charge in [0.2, 0.25) is 0 Å². The number of halogens is 2. The molecule has 4 rings (SSSR count). The third-order valence-corrected chi connectivity index (χ3v) is 7.77. The molecule has 1 unspecified atom stereocenters. The van der Waals surface area contributed by atoms with Crippen molar-refractivity contribution in [2.75, 3.05) is 33.9 Å². The summed E-state index contributed by atoms with van der Waals surface area (Å²) in [6.07, 6.45) is 4.17. The number of likely N-dealkylation sites (tertiary alicyclic amines) is 1. The second kappa shape index (κ2) is 12.0. The largest absolute Gasteiger partial charge is 0.497 e. The van der Waals surface area contributed by atoms with Crippen LogP contribution in [0.1, 0.15) is 49.4 Å². The number of carbonyl (C=O) groups excluding carboxylic acids is 1. The van der Waals surface area contributed by atoms with Gasteiger partial charge in [0, 0.05) is 17.1 Å². The number of carbonyl (C=O) groups is 1. The topological polar surface area (TPSA) is 51.7 Å². The molecular formula is C29H34ClFN2O3. The summed E-state index contributed by atoms with van der Waals surface area (Å²) in [5, 5.41) is 0.915. The number of benzene rings is 2. The quantitative estimate of drug-likeness (QED) is 0.287. The first-order valence-electron chi connectivity index (χ1n) is 12.6. The minimum Gasteiger partial charge on any atom is -0.497 e. The lowest BCUT2D eigenvalue weighted by molar-refractivity contribution is -0.156. The monoisotopic (exact) mass is 512 g/mol. The van der Waals surface area contributed by atoms with E-state index in [1.165, 1.54) is 18.9 Å². The van der Waals surface area contributed by atoms with Gasteiger partial charge >= 0.3 is 5.97 Å². The fourth-order valence-corrected chi connectivity index (χ4v) is 5.56. The molecular weight excluding hydrogens is 479 g/mol. The number of esters is 1. The number of aromatic nitrogens is 1. The Morgan fingerprint density at radius 3 is 2.61 bits per heavy atom. The number of fused-ring (bicyclic) bond motifs is 1. The fourth-order valence-electron chi connectivity index (χ4n) is 5.29. The van der Waals surface area contributed by atoms with Gasteiger partial charge in [-0.25, -0.2) is 4.39 Å². The molecule has 2 heterocycles. The van der Waals surface area contributed by atoms with E-state index in [2.05, 4.69) is 34.1 Å². The number of aryl methyl sites for hydroxylation is 1. The number of hydrogen-bond donors (Lipinski definition) is 0. The Morgan fingerprint density at radius 2 is 1.92 bits per heavy atom. The molecule has 192 valence electrons. The predicted octanol–water partition coefficient (Wildman–Crippen LogP) is 6.58. The van der Waals surface area contributed by atoms with Crippen LogP contribution >= 0.6 is 11.6 Å². The normalized spacial score (nSPS) is 16.6. The van der Waals surface area contributed by atoms with Crippen LogP contribution in [0.2, 0.25) is 5.02 Å².